The van der Waals surface area contributed by atoms with Gasteiger partial charge in [-0.15, -0.1) is 10.2 Å². The van der Waals surface area contributed by atoms with Crippen molar-refractivity contribution in [3.8, 4) is 0 Å². The van der Waals surface area contributed by atoms with Gasteiger partial charge in [-0.3, -0.25) is 4.79 Å². The molecule has 3 aromatic rings. The summed E-state index contributed by atoms with van der Waals surface area (Å²) in [7, 11) is 0. The first-order valence-electron chi connectivity index (χ1n) is 7.80. The van der Waals surface area contributed by atoms with Gasteiger partial charge in [0, 0.05) is 12.7 Å². The standard InChI is InChI=1S/C17H16ClN5OS2/c1-11(15(24)21-14-8-7-13(18)10-19-14)25-17-23-22-16(26-17)20-9-12-5-3-2-4-6-12/h2-8,10-11H,9H2,1H3,(H,20,22)(H,19,21,24). The molecule has 1 atom stereocenters. The van der Waals surface area contributed by atoms with Crippen molar-refractivity contribution < 1.29 is 4.79 Å². The Hall–Kier alpha value is -2.16. The molecule has 1 amide bonds. The highest BCUT2D eigenvalue weighted by Crippen LogP contribution is 2.29. The van der Waals surface area contributed by atoms with Crippen molar-refractivity contribution in [2.75, 3.05) is 10.6 Å². The molecule has 0 radical (unpaired) electrons. The van der Waals surface area contributed by atoms with Crippen LogP contribution in [0.5, 0.6) is 0 Å². The van der Waals surface area contributed by atoms with Crippen LogP contribution in [0.2, 0.25) is 5.02 Å². The van der Waals surface area contributed by atoms with E-state index in [1.54, 1.807) is 12.1 Å². The Morgan fingerprint density at radius 2 is 2.04 bits per heavy atom. The van der Waals surface area contributed by atoms with Crippen LogP contribution in [-0.2, 0) is 11.3 Å². The minimum atomic E-state index is -0.331. The summed E-state index contributed by atoms with van der Waals surface area (Å²) >= 11 is 8.56. The molecule has 26 heavy (non-hydrogen) atoms. The van der Waals surface area contributed by atoms with Gasteiger partial charge in [-0.25, -0.2) is 4.98 Å². The first-order valence-corrected chi connectivity index (χ1v) is 9.88. The molecule has 0 aliphatic rings. The monoisotopic (exact) mass is 405 g/mol. The molecule has 9 heteroatoms. The Balaban J connectivity index is 1.51. The van der Waals surface area contributed by atoms with Gasteiger partial charge >= 0.3 is 0 Å². The lowest BCUT2D eigenvalue weighted by atomic mass is 10.2. The van der Waals surface area contributed by atoms with Crippen molar-refractivity contribution >= 4 is 51.6 Å². The third-order valence-electron chi connectivity index (χ3n) is 3.32. The number of benzene rings is 1. The first-order chi connectivity index (χ1) is 12.6. The van der Waals surface area contributed by atoms with Gasteiger partial charge in [0.15, 0.2) is 4.34 Å². The van der Waals surface area contributed by atoms with Crippen molar-refractivity contribution in [3.63, 3.8) is 0 Å². The Morgan fingerprint density at radius 3 is 2.77 bits per heavy atom. The van der Waals surface area contributed by atoms with E-state index in [2.05, 4.69) is 25.8 Å². The molecule has 2 heterocycles. The molecule has 0 spiro atoms. The third-order valence-corrected chi connectivity index (χ3v) is 5.61. The smallest absolute Gasteiger partial charge is 0.238 e. The normalized spacial score (nSPS) is 11.8. The van der Waals surface area contributed by atoms with Crippen molar-refractivity contribution in [1.29, 1.82) is 0 Å². The molecule has 1 aromatic carbocycles. The molecule has 2 N–H and O–H groups in total. The fraction of sp³-hybridized carbons (Fsp3) is 0.176. The molecule has 0 saturated carbocycles. The van der Waals surface area contributed by atoms with Gasteiger partial charge in [-0.05, 0) is 24.6 Å². The summed E-state index contributed by atoms with van der Waals surface area (Å²) in [4.78, 5) is 16.3. The first kappa shape index (κ1) is 18.6. The number of amides is 1. The molecular weight excluding hydrogens is 390 g/mol. The van der Waals surface area contributed by atoms with E-state index in [1.165, 1.54) is 34.9 Å². The van der Waals surface area contributed by atoms with E-state index < -0.39 is 0 Å². The van der Waals surface area contributed by atoms with Crippen LogP contribution in [0.1, 0.15) is 12.5 Å². The van der Waals surface area contributed by atoms with Crippen LogP contribution in [-0.4, -0.2) is 26.3 Å². The molecule has 0 aliphatic carbocycles. The van der Waals surface area contributed by atoms with E-state index in [-0.39, 0.29) is 11.2 Å². The molecule has 0 aliphatic heterocycles. The van der Waals surface area contributed by atoms with E-state index in [1.807, 2.05) is 37.3 Å². The second-order valence-electron chi connectivity index (χ2n) is 5.32. The van der Waals surface area contributed by atoms with E-state index in [0.29, 0.717) is 17.4 Å². The van der Waals surface area contributed by atoms with Crippen LogP contribution >= 0.6 is 34.7 Å². The molecule has 134 valence electrons. The SMILES string of the molecule is CC(Sc1nnc(NCc2ccccc2)s1)C(=O)Nc1ccc(Cl)cn1. The topological polar surface area (TPSA) is 79.8 Å². The molecule has 0 bridgehead atoms. The van der Waals surface area contributed by atoms with Crippen molar-refractivity contribution in [2.24, 2.45) is 0 Å². The highest BCUT2D eigenvalue weighted by molar-refractivity contribution is 8.02. The van der Waals surface area contributed by atoms with Crippen LogP contribution < -0.4 is 10.6 Å². The highest BCUT2D eigenvalue weighted by atomic mass is 35.5. The van der Waals surface area contributed by atoms with Crippen LogP contribution in [0, 0.1) is 0 Å². The van der Waals surface area contributed by atoms with Gasteiger partial charge in [0.2, 0.25) is 11.0 Å². The quantitative estimate of drug-likeness (QED) is 0.570. The molecule has 6 nitrogen and oxygen atoms in total. The van der Waals surface area contributed by atoms with Gasteiger partial charge in [-0.2, -0.15) is 0 Å². The Bertz CT molecular complexity index is 857. The number of carbonyl (C=O) groups is 1. The van der Waals surface area contributed by atoms with Gasteiger partial charge in [0.05, 0.1) is 10.3 Å². The second-order valence-corrected chi connectivity index (χ2v) is 8.33. The summed E-state index contributed by atoms with van der Waals surface area (Å²) in [5.41, 5.74) is 1.17. The summed E-state index contributed by atoms with van der Waals surface area (Å²) in [6.45, 7) is 2.49. The fourth-order valence-corrected chi connectivity index (χ4v) is 3.99. The maximum atomic E-state index is 12.3. The van der Waals surface area contributed by atoms with Gasteiger partial charge in [-0.1, -0.05) is 65.0 Å². The lowest BCUT2D eigenvalue weighted by Crippen LogP contribution is -2.22. The number of hydrogen-bond donors (Lipinski definition) is 2. The fourth-order valence-electron chi connectivity index (χ4n) is 1.98. The summed E-state index contributed by atoms with van der Waals surface area (Å²) in [5.74, 6) is 0.313. The zero-order valence-corrected chi connectivity index (χ0v) is 16.2. The molecular formula is C17H16ClN5OS2. The highest BCUT2D eigenvalue weighted by Gasteiger charge is 2.17. The lowest BCUT2D eigenvalue weighted by Gasteiger charge is -2.09. The third kappa shape index (κ3) is 5.42. The molecule has 2 aromatic heterocycles. The largest absolute Gasteiger partial charge is 0.356 e. The summed E-state index contributed by atoms with van der Waals surface area (Å²) in [6.07, 6.45) is 1.49. The van der Waals surface area contributed by atoms with Crippen molar-refractivity contribution in [1.82, 2.24) is 15.2 Å². The number of halogens is 1. The van der Waals surface area contributed by atoms with Crippen LogP contribution in [0.25, 0.3) is 0 Å². The van der Waals surface area contributed by atoms with E-state index in [9.17, 15) is 4.79 Å². The van der Waals surface area contributed by atoms with E-state index >= 15 is 0 Å². The number of thioether (sulfide) groups is 1. The number of anilines is 2. The Labute approximate surface area is 164 Å². The number of pyridine rings is 1. The molecule has 0 saturated heterocycles. The van der Waals surface area contributed by atoms with Crippen LogP contribution in [0.15, 0.2) is 53.0 Å². The minimum absolute atomic E-state index is 0.154. The molecule has 1 unspecified atom stereocenters. The molecule has 3 rings (SSSR count). The zero-order chi connectivity index (χ0) is 18.4. The Kier molecular flexibility index (Phi) is 6.43. The predicted octanol–water partition coefficient (Wildman–Crippen LogP) is 4.32. The number of nitrogens with one attached hydrogen (secondary N) is 2. The van der Waals surface area contributed by atoms with Crippen LogP contribution in [0.4, 0.5) is 10.9 Å². The summed E-state index contributed by atoms with van der Waals surface area (Å²) in [5, 5.41) is 15.1. The predicted molar refractivity (Wildman–Crippen MR) is 107 cm³/mol. The number of rotatable bonds is 7. The number of aromatic nitrogens is 3. The van der Waals surface area contributed by atoms with Crippen molar-refractivity contribution in [3.05, 3.63) is 59.2 Å². The average molecular weight is 406 g/mol. The summed E-state index contributed by atoms with van der Waals surface area (Å²) < 4.78 is 0.729. The molecule has 0 fully saturated rings. The van der Waals surface area contributed by atoms with Gasteiger partial charge < -0.3 is 10.6 Å². The van der Waals surface area contributed by atoms with E-state index in [0.717, 1.165) is 9.47 Å². The van der Waals surface area contributed by atoms with Gasteiger partial charge in [0.25, 0.3) is 0 Å². The lowest BCUT2D eigenvalue weighted by molar-refractivity contribution is -0.115. The number of carbonyl (C=O) groups excluding carboxylic acids is 1. The summed E-state index contributed by atoms with van der Waals surface area (Å²) in [6, 6.07) is 13.4. The van der Waals surface area contributed by atoms with Crippen LogP contribution in [0.3, 0.4) is 0 Å². The Morgan fingerprint density at radius 1 is 1.23 bits per heavy atom. The maximum absolute atomic E-state index is 12.3. The number of hydrogen-bond acceptors (Lipinski definition) is 7. The minimum Gasteiger partial charge on any atom is -0.356 e. The van der Waals surface area contributed by atoms with E-state index in [4.69, 9.17) is 11.6 Å². The average Bonchev–Trinajstić information content (AvgIpc) is 3.10. The number of nitrogens with zero attached hydrogens (tertiary/aromatic N) is 3. The second kappa shape index (κ2) is 8.98. The van der Waals surface area contributed by atoms with Crippen molar-refractivity contribution in [2.45, 2.75) is 23.1 Å². The van der Waals surface area contributed by atoms with Gasteiger partial charge in [0.1, 0.15) is 5.82 Å². The maximum Gasteiger partial charge on any atom is 0.238 e. The zero-order valence-electron chi connectivity index (χ0n) is 13.8.